The Morgan fingerprint density at radius 1 is 1.54 bits per heavy atom. The van der Waals surface area contributed by atoms with Gasteiger partial charge < -0.3 is 10.0 Å². The standard InChI is InChI=1S/C10H17NO2/c1-11-6-8-4-9(11)3-2-7(8)5-10(12)13/h7-9H,2-6H2,1H3,(H,12,13). The van der Waals surface area contributed by atoms with Crippen LogP contribution in [0, 0.1) is 11.8 Å². The van der Waals surface area contributed by atoms with Gasteiger partial charge in [-0.05, 0) is 38.1 Å². The lowest BCUT2D eigenvalue weighted by Crippen LogP contribution is -2.25. The Balaban J connectivity index is 1.97. The fourth-order valence-electron chi connectivity index (χ4n) is 2.94. The molecule has 0 aromatic carbocycles. The van der Waals surface area contributed by atoms with Gasteiger partial charge in [0.1, 0.15) is 0 Å². The van der Waals surface area contributed by atoms with Crippen molar-refractivity contribution in [3.05, 3.63) is 0 Å². The van der Waals surface area contributed by atoms with E-state index >= 15 is 0 Å². The number of nitrogens with zero attached hydrogens (tertiary/aromatic N) is 1. The van der Waals surface area contributed by atoms with Crippen LogP contribution in [0.5, 0.6) is 0 Å². The molecule has 0 aromatic rings. The molecule has 1 aliphatic heterocycles. The molecular weight excluding hydrogens is 166 g/mol. The van der Waals surface area contributed by atoms with Crippen LogP contribution in [-0.4, -0.2) is 35.6 Å². The van der Waals surface area contributed by atoms with Crippen molar-refractivity contribution in [2.45, 2.75) is 31.7 Å². The molecule has 2 rings (SSSR count). The number of carboxylic acids is 1. The molecule has 1 N–H and O–H groups in total. The van der Waals surface area contributed by atoms with Crippen molar-refractivity contribution in [1.29, 1.82) is 0 Å². The van der Waals surface area contributed by atoms with Crippen LogP contribution in [0.4, 0.5) is 0 Å². The van der Waals surface area contributed by atoms with E-state index in [0.29, 0.717) is 18.3 Å². The quantitative estimate of drug-likeness (QED) is 0.699. The molecule has 3 nitrogen and oxygen atoms in total. The minimum atomic E-state index is -0.627. The number of carboxylic acid groups (broad SMARTS) is 1. The van der Waals surface area contributed by atoms with E-state index in [4.69, 9.17) is 5.11 Å². The Morgan fingerprint density at radius 3 is 3.00 bits per heavy atom. The predicted octanol–water partition coefficient (Wildman–Crippen LogP) is 1.19. The zero-order valence-corrected chi connectivity index (χ0v) is 8.07. The molecule has 1 aliphatic carbocycles. The molecule has 74 valence electrons. The first-order valence-electron chi connectivity index (χ1n) is 5.09. The van der Waals surface area contributed by atoms with Crippen molar-refractivity contribution in [1.82, 2.24) is 4.90 Å². The summed E-state index contributed by atoms with van der Waals surface area (Å²) in [5, 5.41) is 8.74. The van der Waals surface area contributed by atoms with Gasteiger partial charge in [0.2, 0.25) is 0 Å². The third-order valence-electron chi connectivity index (χ3n) is 3.69. The minimum absolute atomic E-state index is 0.380. The Morgan fingerprint density at radius 2 is 2.31 bits per heavy atom. The van der Waals surface area contributed by atoms with Gasteiger partial charge in [-0.25, -0.2) is 0 Å². The number of fused-ring (bicyclic) bond motifs is 2. The van der Waals surface area contributed by atoms with Crippen molar-refractivity contribution >= 4 is 5.97 Å². The van der Waals surface area contributed by atoms with Gasteiger partial charge >= 0.3 is 5.97 Å². The number of carbonyl (C=O) groups is 1. The zero-order chi connectivity index (χ0) is 9.42. The van der Waals surface area contributed by atoms with Crippen molar-refractivity contribution < 1.29 is 9.90 Å². The molecule has 3 atom stereocenters. The molecule has 0 radical (unpaired) electrons. The molecule has 3 heteroatoms. The summed E-state index contributed by atoms with van der Waals surface area (Å²) in [6.07, 6.45) is 3.93. The average molecular weight is 183 g/mol. The van der Waals surface area contributed by atoms with Gasteiger partial charge in [0.05, 0.1) is 0 Å². The normalized spacial score (nSPS) is 39.3. The van der Waals surface area contributed by atoms with Crippen molar-refractivity contribution in [2.75, 3.05) is 13.6 Å². The molecule has 1 saturated carbocycles. The monoisotopic (exact) mass is 183 g/mol. The maximum Gasteiger partial charge on any atom is 0.303 e. The second-order valence-corrected chi connectivity index (χ2v) is 4.52. The van der Waals surface area contributed by atoms with Crippen LogP contribution in [0.1, 0.15) is 25.7 Å². The van der Waals surface area contributed by atoms with E-state index in [1.165, 1.54) is 12.8 Å². The highest BCUT2D eigenvalue weighted by Crippen LogP contribution is 2.39. The summed E-state index contributed by atoms with van der Waals surface area (Å²) in [7, 11) is 2.16. The minimum Gasteiger partial charge on any atom is -0.481 e. The number of rotatable bonds is 2. The number of hydrogen-bond acceptors (Lipinski definition) is 2. The Kier molecular flexibility index (Phi) is 2.28. The van der Waals surface area contributed by atoms with Crippen LogP contribution in [0.3, 0.4) is 0 Å². The number of likely N-dealkylation sites (tertiary alicyclic amines) is 1. The number of aliphatic carboxylic acids is 1. The average Bonchev–Trinajstić information content (AvgIpc) is 2.34. The Labute approximate surface area is 78.7 Å². The van der Waals surface area contributed by atoms with Gasteiger partial charge in [0.15, 0.2) is 0 Å². The SMILES string of the molecule is CN1CC2CC1CCC2CC(=O)O. The lowest BCUT2D eigenvalue weighted by atomic mass is 9.78. The van der Waals surface area contributed by atoms with E-state index in [1.54, 1.807) is 0 Å². The highest BCUT2D eigenvalue weighted by Gasteiger charge is 2.39. The van der Waals surface area contributed by atoms with E-state index < -0.39 is 5.97 Å². The fourth-order valence-corrected chi connectivity index (χ4v) is 2.94. The van der Waals surface area contributed by atoms with Crippen LogP contribution in [0.15, 0.2) is 0 Å². The lowest BCUT2D eigenvalue weighted by molar-refractivity contribution is -0.138. The van der Waals surface area contributed by atoms with Gasteiger partial charge in [0, 0.05) is 19.0 Å². The van der Waals surface area contributed by atoms with Crippen LogP contribution >= 0.6 is 0 Å². The summed E-state index contributed by atoms with van der Waals surface area (Å²) in [5.74, 6) is 0.469. The third kappa shape index (κ3) is 1.70. The van der Waals surface area contributed by atoms with Crippen LogP contribution in [-0.2, 0) is 4.79 Å². The van der Waals surface area contributed by atoms with Crippen molar-refractivity contribution in [3.63, 3.8) is 0 Å². The van der Waals surface area contributed by atoms with E-state index in [1.807, 2.05) is 0 Å². The summed E-state index contributed by atoms with van der Waals surface area (Å²) >= 11 is 0. The first-order chi connectivity index (χ1) is 6.16. The van der Waals surface area contributed by atoms with E-state index in [9.17, 15) is 4.79 Å². The van der Waals surface area contributed by atoms with Gasteiger partial charge in [-0.2, -0.15) is 0 Å². The van der Waals surface area contributed by atoms with Gasteiger partial charge in [-0.1, -0.05) is 0 Å². The summed E-state index contributed by atoms with van der Waals surface area (Å²) in [4.78, 5) is 13.0. The highest BCUT2D eigenvalue weighted by molar-refractivity contribution is 5.67. The molecule has 0 aromatic heterocycles. The summed E-state index contributed by atoms with van der Waals surface area (Å²) in [6, 6.07) is 0.745. The van der Waals surface area contributed by atoms with Gasteiger partial charge in [0.25, 0.3) is 0 Å². The second-order valence-electron chi connectivity index (χ2n) is 4.52. The van der Waals surface area contributed by atoms with Crippen LogP contribution in [0.25, 0.3) is 0 Å². The first-order valence-corrected chi connectivity index (χ1v) is 5.09. The molecule has 1 heterocycles. The van der Waals surface area contributed by atoms with E-state index in [2.05, 4.69) is 11.9 Å². The molecule has 3 unspecified atom stereocenters. The first kappa shape index (κ1) is 9.00. The molecule has 2 bridgehead atoms. The Hall–Kier alpha value is -0.570. The molecular formula is C10H17NO2. The van der Waals surface area contributed by atoms with E-state index in [0.717, 1.165) is 19.0 Å². The molecule has 13 heavy (non-hydrogen) atoms. The van der Waals surface area contributed by atoms with Crippen LogP contribution < -0.4 is 0 Å². The lowest BCUT2D eigenvalue weighted by Gasteiger charge is -2.26. The predicted molar refractivity (Wildman–Crippen MR) is 49.5 cm³/mol. The van der Waals surface area contributed by atoms with Gasteiger partial charge in [-0.3, -0.25) is 4.79 Å². The highest BCUT2D eigenvalue weighted by atomic mass is 16.4. The van der Waals surface area contributed by atoms with E-state index in [-0.39, 0.29) is 0 Å². The largest absolute Gasteiger partial charge is 0.481 e. The zero-order valence-electron chi connectivity index (χ0n) is 8.07. The Bertz CT molecular complexity index is 215. The van der Waals surface area contributed by atoms with Crippen molar-refractivity contribution in [2.24, 2.45) is 11.8 Å². The maximum atomic E-state index is 10.6. The van der Waals surface area contributed by atoms with Gasteiger partial charge in [-0.15, -0.1) is 0 Å². The number of hydrogen-bond donors (Lipinski definition) is 1. The molecule has 0 amide bonds. The molecule has 2 fully saturated rings. The van der Waals surface area contributed by atoms with Crippen LogP contribution in [0.2, 0.25) is 0 Å². The molecule has 0 spiro atoms. The topological polar surface area (TPSA) is 40.5 Å². The fraction of sp³-hybridized carbons (Fsp3) is 0.900. The molecule has 1 saturated heterocycles. The second kappa shape index (κ2) is 3.29. The molecule has 2 aliphatic rings. The van der Waals surface area contributed by atoms with Crippen molar-refractivity contribution in [3.8, 4) is 0 Å². The smallest absolute Gasteiger partial charge is 0.303 e. The summed E-state index contributed by atoms with van der Waals surface area (Å²) in [5.41, 5.74) is 0. The summed E-state index contributed by atoms with van der Waals surface area (Å²) in [6.45, 7) is 1.11. The third-order valence-corrected chi connectivity index (χ3v) is 3.69. The maximum absolute atomic E-state index is 10.6. The summed E-state index contributed by atoms with van der Waals surface area (Å²) < 4.78 is 0.